The van der Waals surface area contributed by atoms with Crippen molar-refractivity contribution in [3.63, 3.8) is 0 Å². The minimum atomic E-state index is -0.657. The number of aromatic amines is 1. The van der Waals surface area contributed by atoms with Gasteiger partial charge in [0.25, 0.3) is 6.01 Å². The lowest BCUT2D eigenvalue weighted by Gasteiger charge is -2.15. The Labute approximate surface area is 227 Å². The van der Waals surface area contributed by atoms with E-state index in [1.807, 2.05) is 6.07 Å². The fourth-order valence-electron chi connectivity index (χ4n) is 5.81. The maximum absolute atomic E-state index is 15.4. The van der Waals surface area contributed by atoms with Gasteiger partial charge < -0.3 is 29.0 Å². The van der Waals surface area contributed by atoms with Crippen LogP contribution in [0.2, 0.25) is 5.02 Å². The molecular weight excluding hydrogens is 529 g/mol. The van der Waals surface area contributed by atoms with Gasteiger partial charge in [-0.05, 0) is 54.0 Å². The Morgan fingerprint density at radius 3 is 2.74 bits per heavy atom. The van der Waals surface area contributed by atoms with Crippen molar-refractivity contribution in [3.05, 3.63) is 58.3 Å². The van der Waals surface area contributed by atoms with Crippen LogP contribution in [0.3, 0.4) is 0 Å². The zero-order valence-electron chi connectivity index (χ0n) is 20.9. The van der Waals surface area contributed by atoms with Crippen molar-refractivity contribution >= 4 is 22.8 Å². The molecule has 2 N–H and O–H groups in total. The Morgan fingerprint density at radius 2 is 1.92 bits per heavy atom. The minimum absolute atomic E-state index is 0.0585. The number of imidazole rings is 1. The predicted octanol–water partition coefficient (Wildman–Crippen LogP) is 3.39. The summed E-state index contributed by atoms with van der Waals surface area (Å²) in [4.78, 5) is 20.5. The summed E-state index contributed by atoms with van der Waals surface area (Å²) in [6, 6.07) is 5.84. The maximum Gasteiger partial charge on any atom is 0.316 e. The monoisotopic (exact) mass is 553 g/mol. The first kappa shape index (κ1) is 24.6. The number of nitrogens with one attached hydrogen (secondary N) is 1. The fourth-order valence-corrected chi connectivity index (χ4v) is 6.04. The number of halogens is 2. The molecule has 10 nitrogen and oxygen atoms in total. The highest BCUT2D eigenvalue weighted by Crippen LogP contribution is 2.40. The number of pyridine rings is 1. The van der Waals surface area contributed by atoms with Crippen LogP contribution in [0.4, 0.5) is 4.39 Å². The Morgan fingerprint density at radius 1 is 1.10 bits per heavy atom. The molecule has 4 aromatic rings. The molecule has 0 amide bonds. The summed E-state index contributed by atoms with van der Waals surface area (Å²) in [5.74, 6) is -0.318. The van der Waals surface area contributed by atoms with Gasteiger partial charge in [-0.25, -0.2) is 19.3 Å². The van der Waals surface area contributed by atoms with Crippen molar-refractivity contribution in [2.24, 2.45) is 0 Å². The molecule has 1 aromatic carbocycles. The van der Waals surface area contributed by atoms with E-state index in [9.17, 15) is 5.11 Å². The lowest BCUT2D eigenvalue weighted by Crippen LogP contribution is -2.34. The number of H-pyrrole nitrogens is 1. The van der Waals surface area contributed by atoms with Gasteiger partial charge >= 0.3 is 6.01 Å². The molecule has 2 saturated heterocycles. The first-order chi connectivity index (χ1) is 19.0. The highest BCUT2D eigenvalue weighted by Gasteiger charge is 2.48. The Hall–Kier alpha value is -3.38. The summed E-state index contributed by atoms with van der Waals surface area (Å²) in [6.45, 7) is 0.515. The number of ether oxygens (including phenoxy) is 4. The van der Waals surface area contributed by atoms with E-state index in [4.69, 9.17) is 30.5 Å². The number of aromatic nitrogens is 5. The van der Waals surface area contributed by atoms with Crippen LogP contribution < -0.4 is 9.47 Å². The molecule has 0 unspecified atom stereocenters. The molecule has 2 aliphatic heterocycles. The van der Waals surface area contributed by atoms with Gasteiger partial charge in [0, 0.05) is 18.0 Å². The molecule has 1 aliphatic carbocycles. The maximum atomic E-state index is 15.4. The zero-order chi connectivity index (χ0) is 26.7. The third kappa shape index (κ3) is 4.39. The third-order valence-electron chi connectivity index (χ3n) is 7.69. The zero-order valence-corrected chi connectivity index (χ0v) is 21.7. The molecule has 5 atom stereocenters. The third-order valence-corrected chi connectivity index (χ3v) is 8.02. The summed E-state index contributed by atoms with van der Waals surface area (Å²) in [7, 11) is 1.50. The van der Waals surface area contributed by atoms with Crippen LogP contribution in [-0.4, -0.2) is 74.8 Å². The number of methoxy groups -OCH3 is 1. The molecule has 202 valence electrons. The van der Waals surface area contributed by atoms with E-state index in [-0.39, 0.29) is 36.5 Å². The SMILES string of the molecule is COc1ncc(-c2cc(F)c3c(c2)CC[C@@H]3Cc2nc3nc(O[C@@H]4CO[C@H]5[C@@H]4OC[C@H]5O)[nH]c3cc2Cl)cn1. The van der Waals surface area contributed by atoms with Crippen molar-refractivity contribution in [1.29, 1.82) is 0 Å². The minimum Gasteiger partial charge on any atom is -0.467 e. The number of benzene rings is 1. The second-order valence-corrected chi connectivity index (χ2v) is 10.5. The van der Waals surface area contributed by atoms with Crippen LogP contribution in [0.15, 0.2) is 30.6 Å². The molecule has 12 heteroatoms. The first-order valence-corrected chi connectivity index (χ1v) is 13.2. The molecule has 0 bridgehead atoms. The van der Waals surface area contributed by atoms with Gasteiger partial charge in [-0.15, -0.1) is 0 Å². The molecule has 0 spiro atoms. The molecule has 0 radical (unpaired) electrons. The molecule has 2 fully saturated rings. The average Bonchev–Trinajstić information content (AvgIpc) is 3.71. The van der Waals surface area contributed by atoms with E-state index in [2.05, 4.69) is 24.9 Å². The average molecular weight is 554 g/mol. The van der Waals surface area contributed by atoms with Crippen LogP contribution in [0.5, 0.6) is 12.0 Å². The molecule has 3 aliphatic rings. The lowest BCUT2D eigenvalue weighted by atomic mass is 9.93. The van der Waals surface area contributed by atoms with Gasteiger partial charge in [-0.3, -0.25) is 0 Å². The van der Waals surface area contributed by atoms with E-state index >= 15 is 4.39 Å². The standard InChI is InChI=1S/C27H25ClFN5O5/c1-36-26-30-8-15(9-31-26)14-4-12-2-3-13(22(12)17(29)5-14)6-18-16(28)7-19-25(32-18)34-27(33-19)39-21-11-38-23-20(35)10-37-24(21)23/h4-5,7-9,13,20-21,23-24,35H,2-3,6,10-11H2,1H3,(H,32,33,34)/t13-,20-,21-,23-,24-/m1/s1. The number of aliphatic hydroxyl groups excluding tert-OH is 1. The molecule has 3 aromatic heterocycles. The number of aryl methyl sites for hydroxylation is 1. The smallest absolute Gasteiger partial charge is 0.316 e. The van der Waals surface area contributed by atoms with Crippen LogP contribution >= 0.6 is 11.6 Å². The Balaban J connectivity index is 1.11. The van der Waals surface area contributed by atoms with Crippen LogP contribution in [-0.2, 0) is 22.3 Å². The van der Waals surface area contributed by atoms with Gasteiger partial charge in [-0.1, -0.05) is 17.7 Å². The van der Waals surface area contributed by atoms with Gasteiger partial charge in [-0.2, -0.15) is 4.98 Å². The quantitative estimate of drug-likeness (QED) is 0.369. The molecule has 39 heavy (non-hydrogen) atoms. The summed E-state index contributed by atoms with van der Waals surface area (Å²) in [5, 5.41) is 10.4. The summed E-state index contributed by atoms with van der Waals surface area (Å²) in [6.07, 6.45) is 3.49. The van der Waals surface area contributed by atoms with Crippen LogP contribution in [0.1, 0.15) is 29.2 Å². The first-order valence-electron chi connectivity index (χ1n) is 12.8. The van der Waals surface area contributed by atoms with E-state index in [1.165, 1.54) is 13.2 Å². The van der Waals surface area contributed by atoms with E-state index in [0.717, 1.165) is 29.5 Å². The summed E-state index contributed by atoms with van der Waals surface area (Å²) < 4.78 is 37.7. The number of hydrogen-bond acceptors (Lipinski definition) is 9. The normalized spacial score (nSPS) is 25.7. The second kappa shape index (κ2) is 9.67. The Bertz CT molecular complexity index is 1550. The van der Waals surface area contributed by atoms with Crippen molar-refractivity contribution in [3.8, 4) is 23.1 Å². The van der Waals surface area contributed by atoms with E-state index < -0.39 is 18.3 Å². The van der Waals surface area contributed by atoms with Gasteiger partial charge in [0.15, 0.2) is 11.8 Å². The summed E-state index contributed by atoms with van der Waals surface area (Å²) >= 11 is 6.61. The van der Waals surface area contributed by atoms with Gasteiger partial charge in [0.1, 0.15) is 24.1 Å². The van der Waals surface area contributed by atoms with Crippen molar-refractivity contribution in [1.82, 2.24) is 24.9 Å². The number of fused-ring (bicyclic) bond motifs is 3. The van der Waals surface area contributed by atoms with Crippen molar-refractivity contribution in [2.45, 2.75) is 49.6 Å². The van der Waals surface area contributed by atoms with E-state index in [1.54, 1.807) is 18.5 Å². The van der Waals surface area contributed by atoms with Crippen LogP contribution in [0.25, 0.3) is 22.3 Å². The predicted molar refractivity (Wildman–Crippen MR) is 138 cm³/mol. The van der Waals surface area contributed by atoms with Gasteiger partial charge in [0.05, 0.1) is 36.6 Å². The van der Waals surface area contributed by atoms with Crippen molar-refractivity contribution < 1.29 is 28.4 Å². The fraction of sp³-hybridized carbons (Fsp3) is 0.407. The number of nitrogens with zero attached hydrogens (tertiary/aromatic N) is 4. The number of hydrogen-bond donors (Lipinski definition) is 2. The largest absolute Gasteiger partial charge is 0.467 e. The Kier molecular flexibility index (Phi) is 6.11. The summed E-state index contributed by atoms with van der Waals surface area (Å²) in [5.41, 5.74) is 4.86. The highest BCUT2D eigenvalue weighted by molar-refractivity contribution is 6.31. The second-order valence-electron chi connectivity index (χ2n) is 10.1. The highest BCUT2D eigenvalue weighted by atomic mass is 35.5. The van der Waals surface area contributed by atoms with Crippen molar-refractivity contribution in [2.75, 3.05) is 20.3 Å². The van der Waals surface area contributed by atoms with Crippen LogP contribution in [0, 0.1) is 5.82 Å². The molecule has 7 rings (SSSR count). The lowest BCUT2D eigenvalue weighted by molar-refractivity contribution is 0.00706. The molecule has 0 saturated carbocycles. The number of aliphatic hydroxyl groups is 1. The molecular formula is C27H25ClFN5O5. The molecule has 5 heterocycles. The van der Waals surface area contributed by atoms with Gasteiger partial charge in [0.2, 0.25) is 0 Å². The topological polar surface area (TPSA) is 125 Å². The van der Waals surface area contributed by atoms with E-state index in [0.29, 0.717) is 40.5 Å². The number of rotatable bonds is 6.